The van der Waals surface area contributed by atoms with Gasteiger partial charge in [-0.05, 0) is 25.7 Å². The van der Waals surface area contributed by atoms with Crippen LogP contribution < -0.4 is 10.6 Å². The van der Waals surface area contributed by atoms with Crippen molar-refractivity contribution in [1.29, 1.82) is 5.41 Å². The molecule has 16 heavy (non-hydrogen) atoms. The Labute approximate surface area is 93.2 Å². The highest BCUT2D eigenvalue weighted by atomic mass is 16.5. The van der Waals surface area contributed by atoms with Gasteiger partial charge in [-0.3, -0.25) is 10.1 Å². The van der Waals surface area contributed by atoms with Crippen molar-refractivity contribution in [2.24, 2.45) is 0 Å². The van der Waals surface area contributed by atoms with E-state index in [0.29, 0.717) is 25.7 Å². The van der Waals surface area contributed by atoms with Gasteiger partial charge >= 0.3 is 6.03 Å². The first-order valence-corrected chi connectivity index (χ1v) is 5.26. The molecular formula is C10H15N3O3. The number of methoxy groups -OCH3 is 1. The first-order chi connectivity index (χ1) is 7.56. The van der Waals surface area contributed by atoms with E-state index < -0.39 is 17.2 Å². The van der Waals surface area contributed by atoms with Crippen molar-refractivity contribution >= 4 is 18.2 Å². The predicted molar refractivity (Wildman–Crippen MR) is 56.4 cm³/mol. The summed E-state index contributed by atoms with van der Waals surface area (Å²) in [5.74, 6) is -0.257. The maximum absolute atomic E-state index is 11.7. The molecule has 0 aromatic carbocycles. The minimum atomic E-state index is -0.776. The average molecular weight is 225 g/mol. The second-order valence-corrected chi connectivity index (χ2v) is 4.40. The van der Waals surface area contributed by atoms with Gasteiger partial charge in [-0.25, -0.2) is 4.79 Å². The number of hydrogen-bond acceptors (Lipinski definition) is 4. The number of amides is 3. The van der Waals surface area contributed by atoms with Gasteiger partial charge in [-0.2, -0.15) is 0 Å². The average Bonchev–Trinajstić information content (AvgIpc) is 2.56. The van der Waals surface area contributed by atoms with Crippen LogP contribution in [0.2, 0.25) is 0 Å². The minimum Gasteiger partial charge on any atom is -0.373 e. The molecular weight excluding hydrogens is 210 g/mol. The highest BCUT2D eigenvalue weighted by Crippen LogP contribution is 2.37. The van der Waals surface area contributed by atoms with Crippen LogP contribution in [0.5, 0.6) is 0 Å². The van der Waals surface area contributed by atoms with Crippen LogP contribution in [-0.4, -0.2) is 36.4 Å². The third-order valence-electron chi connectivity index (χ3n) is 3.63. The molecule has 2 rings (SSSR count). The second-order valence-electron chi connectivity index (χ2n) is 4.40. The summed E-state index contributed by atoms with van der Waals surface area (Å²) < 4.78 is 5.31. The smallest absolute Gasteiger partial charge is 0.322 e. The maximum Gasteiger partial charge on any atom is 0.322 e. The quantitative estimate of drug-likeness (QED) is 0.462. The van der Waals surface area contributed by atoms with Crippen LogP contribution >= 0.6 is 0 Å². The first kappa shape index (κ1) is 11.1. The van der Waals surface area contributed by atoms with Crippen LogP contribution in [0.25, 0.3) is 0 Å². The molecule has 1 aliphatic heterocycles. The van der Waals surface area contributed by atoms with Crippen molar-refractivity contribution in [2.75, 3.05) is 7.11 Å². The summed E-state index contributed by atoms with van der Waals surface area (Å²) in [7, 11) is 1.57. The van der Waals surface area contributed by atoms with E-state index in [1.54, 1.807) is 7.11 Å². The number of carbonyl (C=O) groups excluding carboxylic acids is 2. The fraction of sp³-hybridized carbons (Fsp3) is 0.700. The van der Waals surface area contributed by atoms with Gasteiger partial charge in [0, 0.05) is 13.3 Å². The molecule has 88 valence electrons. The standard InChI is InChI=1S/C10H15N3O3/c1-16-9(6-11)2-4-10(5-3-9)7(14)12-8(15)13-10/h6,11H,2-5H2,1H3,(H2,12,13,14,15). The molecule has 1 saturated carbocycles. The van der Waals surface area contributed by atoms with E-state index in [4.69, 9.17) is 10.1 Å². The van der Waals surface area contributed by atoms with Crippen LogP contribution in [0, 0.1) is 5.41 Å². The zero-order valence-electron chi connectivity index (χ0n) is 9.13. The molecule has 0 atom stereocenters. The number of carbonyl (C=O) groups is 2. The predicted octanol–water partition coefficient (Wildman–Crippen LogP) is 0.173. The van der Waals surface area contributed by atoms with Crippen molar-refractivity contribution in [2.45, 2.75) is 36.8 Å². The van der Waals surface area contributed by atoms with Gasteiger partial charge in [0.05, 0.1) is 0 Å². The number of rotatable bonds is 2. The number of ether oxygens (including phenoxy) is 1. The summed E-state index contributed by atoms with van der Waals surface area (Å²) in [6.07, 6.45) is 3.44. The lowest BCUT2D eigenvalue weighted by atomic mass is 9.74. The van der Waals surface area contributed by atoms with Crippen LogP contribution in [0.3, 0.4) is 0 Å². The summed E-state index contributed by atoms with van der Waals surface area (Å²) in [5, 5.41) is 12.3. The summed E-state index contributed by atoms with van der Waals surface area (Å²) >= 11 is 0. The van der Waals surface area contributed by atoms with Crippen LogP contribution in [0.4, 0.5) is 4.79 Å². The number of urea groups is 1. The molecule has 3 N–H and O–H groups in total. The van der Waals surface area contributed by atoms with Crippen molar-refractivity contribution < 1.29 is 14.3 Å². The Morgan fingerprint density at radius 2 is 1.94 bits per heavy atom. The molecule has 1 heterocycles. The SMILES string of the molecule is COC1(C=N)CCC2(CC1)NC(=O)NC2=O. The van der Waals surface area contributed by atoms with E-state index in [1.807, 2.05) is 0 Å². The summed E-state index contributed by atoms with van der Waals surface area (Å²) in [5.41, 5.74) is -1.35. The molecule has 6 nitrogen and oxygen atoms in total. The van der Waals surface area contributed by atoms with E-state index in [0.717, 1.165) is 0 Å². The minimum absolute atomic E-state index is 0.257. The molecule has 0 aromatic rings. The van der Waals surface area contributed by atoms with Crippen molar-refractivity contribution in [3.63, 3.8) is 0 Å². The molecule has 0 bridgehead atoms. The third kappa shape index (κ3) is 1.49. The van der Waals surface area contributed by atoms with Gasteiger partial charge < -0.3 is 15.5 Å². The lowest BCUT2D eigenvalue weighted by molar-refractivity contribution is -0.126. The fourth-order valence-electron chi connectivity index (χ4n) is 2.39. The Morgan fingerprint density at radius 3 is 2.31 bits per heavy atom. The van der Waals surface area contributed by atoms with Gasteiger partial charge in [0.2, 0.25) is 0 Å². The third-order valence-corrected chi connectivity index (χ3v) is 3.63. The zero-order chi connectivity index (χ0) is 11.8. The molecule has 6 heteroatoms. The van der Waals surface area contributed by atoms with E-state index >= 15 is 0 Å². The van der Waals surface area contributed by atoms with Crippen molar-refractivity contribution in [3.8, 4) is 0 Å². The number of hydrogen-bond donors (Lipinski definition) is 3. The Bertz CT molecular complexity index is 345. The largest absolute Gasteiger partial charge is 0.373 e. The zero-order valence-corrected chi connectivity index (χ0v) is 9.13. The Morgan fingerprint density at radius 1 is 1.31 bits per heavy atom. The molecule has 2 fully saturated rings. The molecule has 0 aromatic heterocycles. The second kappa shape index (κ2) is 3.55. The summed E-state index contributed by atoms with van der Waals surface area (Å²) in [6, 6.07) is -0.426. The molecule has 0 radical (unpaired) electrons. The molecule has 1 aliphatic carbocycles. The van der Waals surface area contributed by atoms with E-state index in [-0.39, 0.29) is 5.91 Å². The van der Waals surface area contributed by atoms with E-state index in [1.165, 1.54) is 6.21 Å². The highest BCUT2D eigenvalue weighted by molar-refractivity contribution is 6.07. The summed E-state index contributed by atoms with van der Waals surface area (Å²) in [4.78, 5) is 22.8. The van der Waals surface area contributed by atoms with Crippen LogP contribution in [0.15, 0.2) is 0 Å². The van der Waals surface area contributed by atoms with Gasteiger partial charge in [0.1, 0.15) is 11.1 Å². The molecule has 1 saturated heterocycles. The molecule has 1 spiro atoms. The van der Waals surface area contributed by atoms with Gasteiger partial charge in [0.15, 0.2) is 0 Å². The Balaban J connectivity index is 2.12. The Kier molecular flexibility index (Phi) is 2.46. The molecule has 3 amide bonds. The lowest BCUT2D eigenvalue weighted by Gasteiger charge is -2.40. The van der Waals surface area contributed by atoms with E-state index in [9.17, 15) is 9.59 Å². The summed E-state index contributed by atoms with van der Waals surface area (Å²) in [6.45, 7) is 0. The molecule has 2 aliphatic rings. The fourth-order valence-corrected chi connectivity index (χ4v) is 2.39. The van der Waals surface area contributed by atoms with Gasteiger partial charge in [-0.1, -0.05) is 0 Å². The van der Waals surface area contributed by atoms with Crippen molar-refractivity contribution in [1.82, 2.24) is 10.6 Å². The van der Waals surface area contributed by atoms with Crippen LogP contribution in [-0.2, 0) is 9.53 Å². The highest BCUT2D eigenvalue weighted by Gasteiger charge is 2.51. The topological polar surface area (TPSA) is 91.3 Å². The van der Waals surface area contributed by atoms with Crippen LogP contribution in [0.1, 0.15) is 25.7 Å². The maximum atomic E-state index is 11.7. The van der Waals surface area contributed by atoms with Gasteiger partial charge in [-0.15, -0.1) is 0 Å². The Hall–Kier alpha value is -1.43. The van der Waals surface area contributed by atoms with Crippen molar-refractivity contribution in [3.05, 3.63) is 0 Å². The van der Waals surface area contributed by atoms with E-state index in [2.05, 4.69) is 10.6 Å². The normalized spacial score (nSPS) is 38.3. The lowest BCUT2D eigenvalue weighted by Crippen LogP contribution is -2.54. The number of imide groups is 1. The van der Waals surface area contributed by atoms with Gasteiger partial charge in [0.25, 0.3) is 5.91 Å². The first-order valence-electron chi connectivity index (χ1n) is 5.26. The monoisotopic (exact) mass is 225 g/mol. The molecule has 0 unspecified atom stereocenters. The number of nitrogens with one attached hydrogen (secondary N) is 3.